The summed E-state index contributed by atoms with van der Waals surface area (Å²) in [6.45, 7) is 7.84. The van der Waals surface area contributed by atoms with Crippen LogP contribution in [0.5, 0.6) is 11.5 Å². The van der Waals surface area contributed by atoms with Crippen molar-refractivity contribution >= 4 is 5.69 Å². The van der Waals surface area contributed by atoms with E-state index >= 15 is 0 Å². The number of benzene rings is 2. The summed E-state index contributed by atoms with van der Waals surface area (Å²) in [6, 6.07) is 9.61. The number of aryl methyl sites for hydroxylation is 1. The lowest BCUT2D eigenvalue weighted by molar-refractivity contribution is 0.406. The number of rotatable bonds is 4. The molecule has 0 saturated heterocycles. The molecule has 0 spiro atoms. The van der Waals surface area contributed by atoms with Crippen molar-refractivity contribution in [1.82, 2.24) is 0 Å². The van der Waals surface area contributed by atoms with E-state index in [0.29, 0.717) is 12.5 Å². The fraction of sp³-hybridized carbons (Fsp3) is 0.400. The molecule has 1 atom stereocenters. The van der Waals surface area contributed by atoms with Crippen LogP contribution in [-0.2, 0) is 6.54 Å². The Balaban J connectivity index is 2.18. The lowest BCUT2D eigenvalue weighted by atomic mass is 9.88. The summed E-state index contributed by atoms with van der Waals surface area (Å²) in [5.74, 6) is 1.57. The first-order valence-corrected chi connectivity index (χ1v) is 8.43. The summed E-state index contributed by atoms with van der Waals surface area (Å²) in [5, 5.41) is 9.85. The third-order valence-electron chi connectivity index (χ3n) is 4.92. The zero-order valence-electron chi connectivity index (χ0n) is 14.8. The largest absolute Gasteiger partial charge is 0.508 e. The molecule has 0 aliphatic carbocycles. The van der Waals surface area contributed by atoms with Crippen LogP contribution in [0.2, 0.25) is 0 Å². The van der Waals surface area contributed by atoms with Crippen molar-refractivity contribution in [2.24, 2.45) is 5.73 Å². The van der Waals surface area contributed by atoms with Crippen molar-refractivity contribution in [2.45, 2.75) is 39.3 Å². The minimum Gasteiger partial charge on any atom is -0.508 e. The van der Waals surface area contributed by atoms with Gasteiger partial charge < -0.3 is 20.5 Å². The molecule has 1 aliphatic heterocycles. The number of aromatic hydroxyl groups is 1. The maximum absolute atomic E-state index is 9.85. The molecule has 0 fully saturated rings. The highest BCUT2D eigenvalue weighted by atomic mass is 16.5. The van der Waals surface area contributed by atoms with Crippen LogP contribution in [0.25, 0.3) is 0 Å². The van der Waals surface area contributed by atoms with E-state index in [1.54, 1.807) is 19.2 Å². The van der Waals surface area contributed by atoms with E-state index in [9.17, 15) is 5.11 Å². The highest BCUT2D eigenvalue weighted by molar-refractivity contribution is 5.63. The smallest absolute Gasteiger partial charge is 0.122 e. The van der Waals surface area contributed by atoms with Crippen molar-refractivity contribution in [3.8, 4) is 11.5 Å². The maximum Gasteiger partial charge on any atom is 0.122 e. The first-order valence-electron chi connectivity index (χ1n) is 8.43. The molecule has 4 nitrogen and oxygen atoms in total. The molecule has 1 heterocycles. The highest BCUT2D eigenvalue weighted by Crippen LogP contribution is 2.46. The summed E-state index contributed by atoms with van der Waals surface area (Å²) < 4.78 is 5.67. The van der Waals surface area contributed by atoms with Crippen molar-refractivity contribution in [3.05, 3.63) is 52.6 Å². The SMILES string of the molecule is COc1cc(C)c2c(c1C(C)C)C(CN)N(c1cccc(O)c1)C2. The zero-order valence-corrected chi connectivity index (χ0v) is 14.8. The molecule has 1 aliphatic rings. The number of nitrogens with zero attached hydrogens (tertiary/aromatic N) is 1. The van der Waals surface area contributed by atoms with Gasteiger partial charge in [0.2, 0.25) is 0 Å². The van der Waals surface area contributed by atoms with Crippen LogP contribution in [0.4, 0.5) is 5.69 Å². The molecule has 3 rings (SSSR count). The molecule has 0 radical (unpaired) electrons. The highest BCUT2D eigenvalue weighted by Gasteiger charge is 2.35. The molecule has 2 aromatic rings. The molecule has 2 aromatic carbocycles. The van der Waals surface area contributed by atoms with E-state index < -0.39 is 0 Å². The lowest BCUT2D eigenvalue weighted by Gasteiger charge is -2.28. The third-order valence-corrected chi connectivity index (χ3v) is 4.92. The Morgan fingerprint density at radius 3 is 2.67 bits per heavy atom. The quantitative estimate of drug-likeness (QED) is 0.896. The van der Waals surface area contributed by atoms with E-state index in [1.165, 1.54) is 22.3 Å². The van der Waals surface area contributed by atoms with Gasteiger partial charge in [-0.1, -0.05) is 19.9 Å². The van der Waals surface area contributed by atoms with Crippen LogP contribution < -0.4 is 15.4 Å². The standard InChI is InChI=1S/C20H26N2O2/c1-12(2)19-18(24-4)8-13(3)16-11-22(17(10-21)20(16)19)14-6-5-7-15(23)9-14/h5-9,12,17,23H,10-11,21H2,1-4H3. The molecule has 0 amide bonds. The topological polar surface area (TPSA) is 58.7 Å². The Kier molecular flexibility index (Phi) is 4.41. The predicted molar refractivity (Wildman–Crippen MR) is 97.9 cm³/mol. The van der Waals surface area contributed by atoms with Gasteiger partial charge in [-0.3, -0.25) is 0 Å². The van der Waals surface area contributed by atoms with Gasteiger partial charge in [0.15, 0.2) is 0 Å². The molecule has 4 heteroatoms. The van der Waals surface area contributed by atoms with Gasteiger partial charge >= 0.3 is 0 Å². The zero-order chi connectivity index (χ0) is 17.4. The van der Waals surface area contributed by atoms with Crippen LogP contribution in [0.15, 0.2) is 30.3 Å². The molecule has 0 saturated carbocycles. The number of methoxy groups -OCH3 is 1. The Hall–Kier alpha value is -2.20. The van der Waals surface area contributed by atoms with E-state index in [1.807, 2.05) is 12.1 Å². The van der Waals surface area contributed by atoms with E-state index in [-0.39, 0.29) is 11.8 Å². The summed E-state index contributed by atoms with van der Waals surface area (Å²) in [6.07, 6.45) is 0. The molecule has 3 N–H and O–H groups in total. The Morgan fingerprint density at radius 1 is 1.33 bits per heavy atom. The first kappa shape index (κ1) is 16.7. The summed E-state index contributed by atoms with van der Waals surface area (Å²) in [4.78, 5) is 2.28. The second kappa shape index (κ2) is 6.36. The van der Waals surface area contributed by atoms with Gasteiger partial charge in [-0.15, -0.1) is 0 Å². The molecule has 128 valence electrons. The van der Waals surface area contributed by atoms with Crippen molar-refractivity contribution in [1.29, 1.82) is 0 Å². The monoisotopic (exact) mass is 326 g/mol. The van der Waals surface area contributed by atoms with Crippen LogP contribution in [0.1, 0.15) is 48.1 Å². The van der Waals surface area contributed by atoms with Crippen LogP contribution >= 0.6 is 0 Å². The van der Waals surface area contributed by atoms with Gasteiger partial charge in [-0.2, -0.15) is 0 Å². The molecule has 1 unspecified atom stereocenters. The number of phenolic OH excluding ortho intramolecular Hbond substituents is 1. The molecular weight excluding hydrogens is 300 g/mol. The van der Waals surface area contributed by atoms with E-state index in [0.717, 1.165) is 18.0 Å². The van der Waals surface area contributed by atoms with Gasteiger partial charge in [-0.25, -0.2) is 0 Å². The number of hydrogen-bond acceptors (Lipinski definition) is 4. The predicted octanol–water partition coefficient (Wildman–Crippen LogP) is 3.85. The van der Waals surface area contributed by atoms with Gasteiger partial charge in [0, 0.05) is 30.4 Å². The average molecular weight is 326 g/mol. The summed E-state index contributed by atoms with van der Waals surface area (Å²) >= 11 is 0. The fourth-order valence-corrected chi connectivity index (χ4v) is 3.85. The maximum atomic E-state index is 9.85. The molecular formula is C20H26N2O2. The first-order chi connectivity index (χ1) is 11.5. The van der Waals surface area contributed by atoms with E-state index in [4.69, 9.17) is 10.5 Å². The average Bonchev–Trinajstić information content (AvgIpc) is 2.94. The lowest BCUT2D eigenvalue weighted by Crippen LogP contribution is -2.28. The number of anilines is 1. The summed E-state index contributed by atoms with van der Waals surface area (Å²) in [5.41, 5.74) is 12.3. The number of fused-ring (bicyclic) bond motifs is 1. The molecule has 0 aromatic heterocycles. The fourth-order valence-electron chi connectivity index (χ4n) is 3.85. The normalized spacial score (nSPS) is 16.6. The minimum atomic E-state index is 0.0907. The van der Waals surface area contributed by atoms with Crippen LogP contribution in [0, 0.1) is 6.92 Å². The number of nitrogens with two attached hydrogens (primary N) is 1. The Morgan fingerprint density at radius 2 is 2.08 bits per heavy atom. The van der Waals surface area contributed by atoms with E-state index in [2.05, 4.69) is 31.7 Å². The van der Waals surface area contributed by atoms with Crippen LogP contribution in [0.3, 0.4) is 0 Å². The third kappa shape index (κ3) is 2.61. The Labute approximate surface area is 143 Å². The molecule has 0 bridgehead atoms. The second-order valence-electron chi connectivity index (χ2n) is 6.76. The van der Waals surface area contributed by atoms with Gasteiger partial charge in [0.05, 0.1) is 13.2 Å². The van der Waals surface area contributed by atoms with Gasteiger partial charge in [0.1, 0.15) is 11.5 Å². The number of hydrogen-bond donors (Lipinski definition) is 2. The second-order valence-corrected chi connectivity index (χ2v) is 6.76. The van der Waals surface area contributed by atoms with Crippen molar-refractivity contribution in [3.63, 3.8) is 0 Å². The summed E-state index contributed by atoms with van der Waals surface area (Å²) in [7, 11) is 1.73. The molecule has 24 heavy (non-hydrogen) atoms. The number of ether oxygens (including phenoxy) is 1. The Bertz CT molecular complexity index is 756. The minimum absolute atomic E-state index is 0.0907. The number of phenols is 1. The van der Waals surface area contributed by atoms with Gasteiger partial charge in [0.25, 0.3) is 0 Å². The van der Waals surface area contributed by atoms with Crippen LogP contribution in [-0.4, -0.2) is 18.8 Å². The van der Waals surface area contributed by atoms with Crippen molar-refractivity contribution in [2.75, 3.05) is 18.6 Å². The van der Waals surface area contributed by atoms with Gasteiger partial charge in [-0.05, 0) is 47.7 Å². The van der Waals surface area contributed by atoms with Crippen molar-refractivity contribution < 1.29 is 9.84 Å².